The van der Waals surface area contributed by atoms with E-state index < -0.39 is 11.6 Å². The fourth-order valence-electron chi connectivity index (χ4n) is 3.15. The molecule has 0 spiro atoms. The van der Waals surface area contributed by atoms with E-state index >= 15 is 0 Å². The molecule has 1 aliphatic carbocycles. The monoisotopic (exact) mass is 353 g/mol. The Morgan fingerprint density at radius 1 is 1.24 bits per heavy atom. The summed E-state index contributed by atoms with van der Waals surface area (Å²) in [4.78, 5) is 4.69. The average Bonchev–Trinajstić information content (AvgIpc) is 2.56. The highest BCUT2D eigenvalue weighted by Crippen LogP contribution is 2.44. The van der Waals surface area contributed by atoms with Crippen molar-refractivity contribution in [1.82, 2.24) is 10.6 Å². The fraction of sp³-hybridized carbons (Fsp3) is 0.632. The molecule has 25 heavy (non-hydrogen) atoms. The first-order chi connectivity index (χ1) is 12.1. The third kappa shape index (κ3) is 5.66. The van der Waals surface area contributed by atoms with Crippen LogP contribution in [-0.2, 0) is 11.2 Å². The third-order valence-electron chi connectivity index (χ3n) is 4.90. The molecule has 0 unspecified atom stereocenters. The van der Waals surface area contributed by atoms with Crippen molar-refractivity contribution in [2.24, 2.45) is 10.4 Å². The number of halogens is 2. The van der Waals surface area contributed by atoms with Gasteiger partial charge in [0.2, 0.25) is 0 Å². The van der Waals surface area contributed by atoms with Crippen LogP contribution in [0.3, 0.4) is 0 Å². The lowest BCUT2D eigenvalue weighted by atomic mass is 9.67. The highest BCUT2D eigenvalue weighted by Gasteiger charge is 2.36. The second-order valence-corrected chi connectivity index (χ2v) is 6.67. The van der Waals surface area contributed by atoms with Crippen LogP contribution in [0, 0.1) is 17.0 Å². The van der Waals surface area contributed by atoms with Crippen LogP contribution < -0.4 is 10.6 Å². The van der Waals surface area contributed by atoms with Crippen LogP contribution in [0.2, 0.25) is 0 Å². The van der Waals surface area contributed by atoms with E-state index in [4.69, 9.17) is 4.74 Å². The average molecular weight is 353 g/mol. The molecule has 0 amide bonds. The van der Waals surface area contributed by atoms with Gasteiger partial charge in [0.1, 0.15) is 11.6 Å². The molecule has 0 radical (unpaired) electrons. The molecule has 6 heteroatoms. The Hall–Kier alpha value is -1.69. The Morgan fingerprint density at radius 3 is 2.52 bits per heavy atom. The predicted octanol–water partition coefficient (Wildman–Crippen LogP) is 3.27. The summed E-state index contributed by atoms with van der Waals surface area (Å²) >= 11 is 0. The first kappa shape index (κ1) is 19.6. The highest BCUT2D eigenvalue weighted by molar-refractivity contribution is 5.79. The van der Waals surface area contributed by atoms with Gasteiger partial charge >= 0.3 is 0 Å². The van der Waals surface area contributed by atoms with E-state index in [1.807, 2.05) is 6.92 Å². The molecule has 1 aliphatic rings. The quantitative estimate of drug-likeness (QED) is 0.529. The number of nitrogens with zero attached hydrogens (tertiary/aromatic N) is 1. The summed E-state index contributed by atoms with van der Waals surface area (Å²) in [5.41, 5.74) is 0.358. The van der Waals surface area contributed by atoms with Gasteiger partial charge < -0.3 is 15.4 Å². The van der Waals surface area contributed by atoms with Crippen LogP contribution in [0.4, 0.5) is 8.78 Å². The van der Waals surface area contributed by atoms with Gasteiger partial charge in [-0.3, -0.25) is 4.99 Å². The molecule has 0 atom stereocenters. The summed E-state index contributed by atoms with van der Waals surface area (Å²) < 4.78 is 32.6. The molecule has 1 aromatic carbocycles. The summed E-state index contributed by atoms with van der Waals surface area (Å²) in [6.45, 7) is 4.67. The van der Waals surface area contributed by atoms with Crippen LogP contribution in [0.15, 0.2) is 23.2 Å². The Bertz CT molecular complexity index is 554. The Balaban J connectivity index is 1.89. The smallest absolute Gasteiger partial charge is 0.191 e. The number of hydrogen-bond donors (Lipinski definition) is 2. The van der Waals surface area contributed by atoms with Crippen LogP contribution >= 0.6 is 0 Å². The van der Waals surface area contributed by atoms with Gasteiger partial charge in [-0.25, -0.2) is 8.78 Å². The number of guanidine groups is 1. The Morgan fingerprint density at radius 2 is 1.96 bits per heavy atom. The molecular formula is C19H29F2N3O. The lowest BCUT2D eigenvalue weighted by Gasteiger charge is -2.40. The van der Waals surface area contributed by atoms with Gasteiger partial charge in [0, 0.05) is 38.9 Å². The standard InChI is InChI=1S/C19H29F2N3O/c1-3-22-18(24-14-19(9-5-10-19)11-13-25-2)23-12-8-15-16(20)6-4-7-17(15)21/h4,6-7H,3,5,8-14H2,1-2H3,(H2,22,23,24). The second-order valence-electron chi connectivity index (χ2n) is 6.67. The minimum Gasteiger partial charge on any atom is -0.385 e. The summed E-state index contributed by atoms with van der Waals surface area (Å²) in [6, 6.07) is 3.95. The van der Waals surface area contributed by atoms with Gasteiger partial charge in [0.05, 0.1) is 0 Å². The summed E-state index contributed by atoms with van der Waals surface area (Å²) in [5.74, 6) is -0.309. The van der Waals surface area contributed by atoms with Gasteiger partial charge in [-0.2, -0.15) is 0 Å². The third-order valence-corrected chi connectivity index (χ3v) is 4.90. The van der Waals surface area contributed by atoms with Crippen molar-refractivity contribution in [3.05, 3.63) is 35.4 Å². The van der Waals surface area contributed by atoms with Gasteiger partial charge in [0.25, 0.3) is 0 Å². The van der Waals surface area contributed by atoms with E-state index in [9.17, 15) is 8.78 Å². The molecule has 0 aliphatic heterocycles. The zero-order chi connectivity index (χ0) is 18.1. The maximum Gasteiger partial charge on any atom is 0.191 e. The highest BCUT2D eigenvalue weighted by atomic mass is 19.1. The van der Waals surface area contributed by atoms with Crippen molar-refractivity contribution in [2.45, 2.75) is 39.0 Å². The van der Waals surface area contributed by atoms with Gasteiger partial charge in [-0.1, -0.05) is 12.5 Å². The first-order valence-electron chi connectivity index (χ1n) is 9.04. The lowest BCUT2D eigenvalue weighted by molar-refractivity contribution is 0.0778. The largest absolute Gasteiger partial charge is 0.385 e. The van der Waals surface area contributed by atoms with Crippen LogP contribution in [0.25, 0.3) is 0 Å². The summed E-state index contributed by atoms with van der Waals surface area (Å²) in [6.07, 6.45) is 4.90. The SMILES string of the molecule is CCNC(=NCC1(CCOC)CCC1)NCCc1c(F)cccc1F. The number of aliphatic imine (C=N–C) groups is 1. The molecular weight excluding hydrogens is 324 g/mol. The molecule has 0 heterocycles. The number of methoxy groups -OCH3 is 1. The van der Waals surface area contributed by atoms with Gasteiger partial charge in [0.15, 0.2) is 5.96 Å². The van der Waals surface area contributed by atoms with Crippen molar-refractivity contribution < 1.29 is 13.5 Å². The van der Waals surface area contributed by atoms with Crippen LogP contribution in [0.5, 0.6) is 0 Å². The normalized spacial score (nSPS) is 16.4. The maximum absolute atomic E-state index is 13.7. The van der Waals surface area contributed by atoms with Crippen molar-refractivity contribution in [2.75, 3.05) is 33.4 Å². The van der Waals surface area contributed by atoms with Crippen LogP contribution in [0.1, 0.15) is 38.2 Å². The molecule has 1 saturated carbocycles. The molecule has 0 aromatic heterocycles. The zero-order valence-electron chi connectivity index (χ0n) is 15.2. The second kappa shape index (κ2) is 9.70. The Labute approximate surface area is 149 Å². The molecule has 2 rings (SSSR count). The van der Waals surface area contributed by atoms with Gasteiger partial charge in [-0.05, 0) is 50.2 Å². The number of nitrogens with one attached hydrogen (secondary N) is 2. The van der Waals surface area contributed by atoms with E-state index in [0.29, 0.717) is 12.5 Å². The molecule has 140 valence electrons. The summed E-state index contributed by atoms with van der Waals surface area (Å²) in [7, 11) is 1.73. The van der Waals surface area contributed by atoms with Crippen molar-refractivity contribution >= 4 is 5.96 Å². The fourth-order valence-corrected chi connectivity index (χ4v) is 3.15. The summed E-state index contributed by atoms with van der Waals surface area (Å²) in [5, 5.41) is 6.37. The maximum atomic E-state index is 13.7. The van der Waals surface area contributed by atoms with E-state index in [2.05, 4.69) is 15.6 Å². The van der Waals surface area contributed by atoms with E-state index in [0.717, 1.165) is 26.1 Å². The molecule has 4 nitrogen and oxygen atoms in total. The minimum absolute atomic E-state index is 0.112. The van der Waals surface area contributed by atoms with Crippen molar-refractivity contribution in [1.29, 1.82) is 0 Å². The molecule has 1 aromatic rings. The van der Waals surface area contributed by atoms with Gasteiger partial charge in [-0.15, -0.1) is 0 Å². The molecule has 1 fully saturated rings. The van der Waals surface area contributed by atoms with E-state index in [-0.39, 0.29) is 17.4 Å². The minimum atomic E-state index is -0.503. The molecule has 2 N–H and O–H groups in total. The molecule has 0 saturated heterocycles. The number of benzene rings is 1. The predicted molar refractivity (Wildman–Crippen MR) is 96.8 cm³/mol. The number of ether oxygens (including phenoxy) is 1. The molecule has 0 bridgehead atoms. The number of rotatable bonds is 9. The van der Waals surface area contributed by atoms with E-state index in [1.165, 1.54) is 37.5 Å². The van der Waals surface area contributed by atoms with Crippen molar-refractivity contribution in [3.63, 3.8) is 0 Å². The number of hydrogen-bond acceptors (Lipinski definition) is 2. The zero-order valence-corrected chi connectivity index (χ0v) is 15.2. The van der Waals surface area contributed by atoms with E-state index in [1.54, 1.807) is 7.11 Å². The van der Waals surface area contributed by atoms with Crippen molar-refractivity contribution in [3.8, 4) is 0 Å². The van der Waals surface area contributed by atoms with Crippen LogP contribution in [-0.4, -0.2) is 39.3 Å². The topological polar surface area (TPSA) is 45.7 Å². The lowest BCUT2D eigenvalue weighted by Crippen LogP contribution is -2.41. The Kier molecular flexibility index (Phi) is 7.62. The first-order valence-corrected chi connectivity index (χ1v) is 9.04.